The van der Waals surface area contributed by atoms with E-state index in [2.05, 4.69) is 64.2 Å². The zero-order valence-corrected chi connectivity index (χ0v) is 16.4. The third kappa shape index (κ3) is 3.55. The third-order valence-corrected chi connectivity index (χ3v) is 6.19. The van der Waals surface area contributed by atoms with Gasteiger partial charge < -0.3 is 10.4 Å². The van der Waals surface area contributed by atoms with Crippen LogP contribution < -0.4 is 5.32 Å². The van der Waals surface area contributed by atoms with Gasteiger partial charge in [-0.15, -0.1) is 0 Å². The van der Waals surface area contributed by atoms with Crippen molar-refractivity contribution in [1.29, 1.82) is 0 Å². The van der Waals surface area contributed by atoms with Crippen molar-refractivity contribution >= 4 is 0 Å². The number of nitrogens with zero attached hydrogens (tertiary/aromatic N) is 4. The number of nitrogens with one attached hydrogen (secondary N) is 1. The molecule has 0 unspecified atom stereocenters. The Labute approximate surface area is 161 Å². The molecule has 1 aromatic heterocycles. The van der Waals surface area contributed by atoms with Gasteiger partial charge in [0.25, 0.3) is 0 Å². The van der Waals surface area contributed by atoms with Gasteiger partial charge in [0.05, 0.1) is 23.0 Å². The quantitative estimate of drug-likeness (QED) is 0.853. The summed E-state index contributed by atoms with van der Waals surface area (Å²) in [6, 6.07) is 12.6. The molecule has 0 radical (unpaired) electrons. The van der Waals surface area contributed by atoms with Crippen LogP contribution in [0, 0.1) is 0 Å². The lowest BCUT2D eigenvalue weighted by Gasteiger charge is -2.49. The van der Waals surface area contributed by atoms with E-state index in [0.29, 0.717) is 6.54 Å². The van der Waals surface area contributed by atoms with Crippen molar-refractivity contribution in [2.75, 3.05) is 33.7 Å². The standard InChI is InChI=1S/C21H31N5O/c1-24(2)21(17-7-4-3-5-8-17)9-12-25(16-20(21)27)15-18-13-19-14-22-10-6-11-26(19)23-18/h3-5,7-8,13,20,22,27H,6,9-12,14-16H2,1-2H3/t20-,21+/m1/s1. The van der Waals surface area contributed by atoms with Gasteiger partial charge in [0.1, 0.15) is 0 Å². The summed E-state index contributed by atoms with van der Waals surface area (Å²) in [5.41, 5.74) is 3.25. The van der Waals surface area contributed by atoms with Crippen LogP contribution in [0.25, 0.3) is 0 Å². The summed E-state index contributed by atoms with van der Waals surface area (Å²) >= 11 is 0. The number of likely N-dealkylation sites (N-methyl/N-ethyl adjacent to an activating group) is 1. The maximum absolute atomic E-state index is 11.2. The summed E-state index contributed by atoms with van der Waals surface area (Å²) in [5, 5.41) is 19.4. The number of likely N-dealkylation sites (tertiary alicyclic amines) is 1. The highest BCUT2D eigenvalue weighted by Gasteiger charge is 2.45. The summed E-state index contributed by atoms with van der Waals surface area (Å²) in [6.07, 6.45) is 1.59. The van der Waals surface area contributed by atoms with Gasteiger partial charge >= 0.3 is 0 Å². The van der Waals surface area contributed by atoms with E-state index in [-0.39, 0.29) is 5.54 Å². The molecule has 0 saturated carbocycles. The molecule has 0 aliphatic carbocycles. The van der Waals surface area contributed by atoms with Crippen LogP contribution in [-0.4, -0.2) is 64.5 Å². The lowest BCUT2D eigenvalue weighted by atomic mass is 9.77. The molecule has 27 heavy (non-hydrogen) atoms. The number of aromatic nitrogens is 2. The molecule has 0 spiro atoms. The molecule has 2 atom stereocenters. The van der Waals surface area contributed by atoms with Crippen molar-refractivity contribution in [3.63, 3.8) is 0 Å². The molecule has 4 rings (SSSR count). The van der Waals surface area contributed by atoms with Crippen LogP contribution in [0.3, 0.4) is 0 Å². The van der Waals surface area contributed by atoms with Crippen molar-refractivity contribution in [3.05, 3.63) is 53.3 Å². The van der Waals surface area contributed by atoms with Gasteiger partial charge in [-0.25, -0.2) is 0 Å². The highest BCUT2D eigenvalue weighted by Crippen LogP contribution is 2.37. The van der Waals surface area contributed by atoms with Crippen molar-refractivity contribution in [2.24, 2.45) is 0 Å². The minimum absolute atomic E-state index is 0.326. The molecule has 0 bridgehead atoms. The fourth-order valence-electron chi connectivity index (χ4n) is 4.70. The Morgan fingerprint density at radius 1 is 1.26 bits per heavy atom. The molecule has 3 heterocycles. The first-order valence-corrected chi connectivity index (χ1v) is 9.99. The van der Waals surface area contributed by atoms with E-state index in [1.54, 1.807) is 0 Å². The number of piperidine rings is 1. The average molecular weight is 370 g/mol. The van der Waals surface area contributed by atoms with E-state index >= 15 is 0 Å². The lowest BCUT2D eigenvalue weighted by molar-refractivity contribution is -0.0705. The molecule has 1 aromatic carbocycles. The van der Waals surface area contributed by atoms with Crippen LogP contribution in [0.4, 0.5) is 0 Å². The number of hydrogen-bond acceptors (Lipinski definition) is 5. The Hall–Kier alpha value is -1.73. The van der Waals surface area contributed by atoms with Crippen LogP contribution in [0.15, 0.2) is 36.4 Å². The first-order valence-electron chi connectivity index (χ1n) is 9.99. The van der Waals surface area contributed by atoms with Crippen LogP contribution in [0.2, 0.25) is 0 Å². The summed E-state index contributed by atoms with van der Waals surface area (Å²) in [4.78, 5) is 4.53. The van der Waals surface area contributed by atoms with Gasteiger partial charge in [0.15, 0.2) is 0 Å². The van der Waals surface area contributed by atoms with E-state index in [9.17, 15) is 5.11 Å². The van der Waals surface area contributed by atoms with E-state index in [0.717, 1.165) is 51.3 Å². The van der Waals surface area contributed by atoms with Gasteiger partial charge in [0, 0.05) is 32.7 Å². The maximum atomic E-state index is 11.2. The van der Waals surface area contributed by atoms with Gasteiger partial charge in [-0.2, -0.15) is 5.10 Å². The number of fused-ring (bicyclic) bond motifs is 1. The molecule has 2 aliphatic heterocycles. The number of aliphatic hydroxyl groups is 1. The molecule has 2 N–H and O–H groups in total. The number of benzene rings is 1. The third-order valence-electron chi connectivity index (χ3n) is 6.19. The van der Waals surface area contributed by atoms with Gasteiger partial charge in [-0.3, -0.25) is 14.5 Å². The highest BCUT2D eigenvalue weighted by atomic mass is 16.3. The number of β-amino-alcohol motifs (C(OH)–C–C–N with tert-alkyl or cyclic N) is 1. The number of hydrogen-bond donors (Lipinski definition) is 2. The molecule has 2 aromatic rings. The Kier molecular flexibility index (Phi) is 5.32. The van der Waals surface area contributed by atoms with E-state index in [1.807, 2.05) is 6.07 Å². The maximum Gasteiger partial charge on any atom is 0.0892 e. The fourth-order valence-corrected chi connectivity index (χ4v) is 4.70. The Morgan fingerprint density at radius 2 is 2.07 bits per heavy atom. The van der Waals surface area contributed by atoms with Gasteiger partial charge in [-0.1, -0.05) is 30.3 Å². The first kappa shape index (κ1) is 18.6. The zero-order chi connectivity index (χ0) is 18.9. The molecule has 2 aliphatic rings. The van der Waals surface area contributed by atoms with Crippen LogP contribution in [-0.2, 0) is 25.2 Å². The largest absolute Gasteiger partial charge is 0.389 e. The van der Waals surface area contributed by atoms with Gasteiger partial charge in [-0.05, 0) is 45.1 Å². The minimum Gasteiger partial charge on any atom is -0.389 e. The van der Waals surface area contributed by atoms with Crippen LogP contribution in [0.5, 0.6) is 0 Å². The second-order valence-corrected chi connectivity index (χ2v) is 8.07. The van der Waals surface area contributed by atoms with Crippen molar-refractivity contribution in [3.8, 4) is 0 Å². The molecule has 6 heteroatoms. The van der Waals surface area contributed by atoms with Gasteiger partial charge in [0.2, 0.25) is 0 Å². The zero-order valence-electron chi connectivity index (χ0n) is 16.4. The van der Waals surface area contributed by atoms with Crippen LogP contribution >= 0.6 is 0 Å². The van der Waals surface area contributed by atoms with E-state index in [1.165, 1.54) is 11.3 Å². The smallest absolute Gasteiger partial charge is 0.0892 e. The van der Waals surface area contributed by atoms with Crippen molar-refractivity contribution in [1.82, 2.24) is 24.9 Å². The van der Waals surface area contributed by atoms with Crippen molar-refractivity contribution in [2.45, 2.75) is 44.1 Å². The predicted octanol–water partition coefficient (Wildman–Crippen LogP) is 1.40. The number of rotatable bonds is 4. The minimum atomic E-state index is -0.439. The Bertz CT molecular complexity index is 736. The summed E-state index contributed by atoms with van der Waals surface area (Å²) in [5.74, 6) is 0. The van der Waals surface area contributed by atoms with E-state index < -0.39 is 6.10 Å². The Morgan fingerprint density at radius 3 is 2.81 bits per heavy atom. The summed E-state index contributed by atoms with van der Waals surface area (Å²) in [7, 11) is 4.15. The molecule has 6 nitrogen and oxygen atoms in total. The average Bonchev–Trinajstić information content (AvgIpc) is 2.90. The molecule has 146 valence electrons. The molecular formula is C21H31N5O. The molecule has 0 amide bonds. The molecular weight excluding hydrogens is 338 g/mol. The monoisotopic (exact) mass is 369 g/mol. The SMILES string of the molecule is CN(C)[C@]1(c2ccccc2)CCN(Cc2cc3n(n2)CCCNC3)C[C@H]1O. The molecule has 1 saturated heterocycles. The fraction of sp³-hybridized carbons (Fsp3) is 0.571. The van der Waals surface area contributed by atoms with E-state index in [4.69, 9.17) is 5.10 Å². The second-order valence-electron chi connectivity index (χ2n) is 8.07. The molecule has 1 fully saturated rings. The topological polar surface area (TPSA) is 56.6 Å². The predicted molar refractivity (Wildman–Crippen MR) is 106 cm³/mol. The number of aryl methyl sites for hydroxylation is 1. The first-order chi connectivity index (χ1) is 13.1. The normalized spacial score (nSPS) is 26.7. The highest BCUT2D eigenvalue weighted by molar-refractivity contribution is 5.27. The van der Waals surface area contributed by atoms with Crippen LogP contribution in [0.1, 0.15) is 29.8 Å². The summed E-state index contributed by atoms with van der Waals surface area (Å²) < 4.78 is 2.14. The lowest BCUT2D eigenvalue weighted by Crippen LogP contribution is -2.59. The summed E-state index contributed by atoms with van der Waals surface area (Å²) in [6.45, 7) is 5.35. The second kappa shape index (κ2) is 7.72. The number of aliphatic hydroxyl groups excluding tert-OH is 1. The van der Waals surface area contributed by atoms with Crippen molar-refractivity contribution < 1.29 is 5.11 Å². The Balaban J connectivity index is 1.48.